The van der Waals surface area contributed by atoms with Crippen molar-refractivity contribution in [3.05, 3.63) is 46.9 Å². The maximum absolute atomic E-state index is 12.2. The van der Waals surface area contributed by atoms with E-state index < -0.39 is 15.6 Å². The van der Waals surface area contributed by atoms with E-state index in [0.717, 1.165) is 5.01 Å². The Morgan fingerprint density at radius 2 is 1.89 bits per heavy atom. The molecule has 0 amide bonds. The van der Waals surface area contributed by atoms with Gasteiger partial charge in [0.15, 0.2) is 0 Å². The number of thiazole rings is 1. The molecule has 0 saturated heterocycles. The second kappa shape index (κ2) is 4.79. The average molecular weight is 282 g/mol. The molecule has 0 unspecified atom stereocenters. The van der Waals surface area contributed by atoms with E-state index in [-0.39, 0.29) is 4.90 Å². The Kier molecular flexibility index (Phi) is 3.52. The largest absolute Gasteiger partial charge is 0.248 e. The summed E-state index contributed by atoms with van der Waals surface area (Å²) < 4.78 is 27.1. The highest BCUT2D eigenvalue weighted by Gasteiger charge is 2.29. The number of benzene rings is 1. The molecule has 96 valence electrons. The summed E-state index contributed by atoms with van der Waals surface area (Å²) in [4.78, 5) is 4.42. The molecule has 0 aliphatic carbocycles. The van der Waals surface area contributed by atoms with Crippen molar-refractivity contribution in [3.63, 3.8) is 0 Å². The van der Waals surface area contributed by atoms with Crippen molar-refractivity contribution in [1.29, 1.82) is 0 Å². The molecule has 1 aromatic carbocycles. The minimum atomic E-state index is -3.53. The molecule has 0 aliphatic rings. The van der Waals surface area contributed by atoms with Gasteiger partial charge in [-0.25, -0.2) is 13.4 Å². The lowest BCUT2D eigenvalue weighted by Gasteiger charge is -2.23. The molecule has 1 N–H and O–H groups in total. The molecule has 6 heteroatoms. The number of aromatic nitrogens is 1. The van der Waals surface area contributed by atoms with Crippen molar-refractivity contribution >= 4 is 21.4 Å². The molecular formula is C12H14N2O2S2. The van der Waals surface area contributed by atoms with E-state index in [1.807, 2.05) is 5.38 Å². The Labute approximate surface area is 111 Å². The first-order chi connectivity index (χ1) is 8.42. The number of hydrogen-bond donors (Lipinski definition) is 1. The van der Waals surface area contributed by atoms with Gasteiger partial charge in [0.1, 0.15) is 5.01 Å². The van der Waals surface area contributed by atoms with E-state index in [0.29, 0.717) is 0 Å². The zero-order valence-corrected chi connectivity index (χ0v) is 11.8. The highest BCUT2D eigenvalue weighted by Crippen LogP contribution is 2.24. The standard InChI is InChI=1S/C12H14N2O2S2/c1-12(2,11-13-8-9-17-11)14-18(15,16)10-6-4-3-5-7-10/h3-9,14H,1-2H3. The summed E-state index contributed by atoms with van der Waals surface area (Å²) in [5.74, 6) is 0. The summed E-state index contributed by atoms with van der Waals surface area (Å²) in [7, 11) is -3.53. The SMILES string of the molecule is CC(C)(NS(=O)(=O)c1ccccc1)c1nccs1. The van der Waals surface area contributed by atoms with E-state index in [1.165, 1.54) is 11.3 Å². The maximum atomic E-state index is 12.2. The minimum absolute atomic E-state index is 0.259. The highest BCUT2D eigenvalue weighted by molar-refractivity contribution is 7.89. The van der Waals surface area contributed by atoms with Crippen molar-refractivity contribution in [2.45, 2.75) is 24.3 Å². The van der Waals surface area contributed by atoms with Crippen LogP contribution in [0.15, 0.2) is 46.8 Å². The number of rotatable bonds is 4. The molecule has 0 fully saturated rings. The van der Waals surface area contributed by atoms with Crippen LogP contribution in [0, 0.1) is 0 Å². The van der Waals surface area contributed by atoms with Gasteiger partial charge in [0, 0.05) is 11.6 Å². The lowest BCUT2D eigenvalue weighted by molar-refractivity contribution is 0.470. The predicted octanol–water partition coefficient (Wildman–Crippen LogP) is 2.36. The van der Waals surface area contributed by atoms with Crippen LogP contribution in [0.1, 0.15) is 18.9 Å². The molecule has 1 heterocycles. The van der Waals surface area contributed by atoms with Crippen LogP contribution in [0.4, 0.5) is 0 Å². The highest BCUT2D eigenvalue weighted by atomic mass is 32.2. The summed E-state index contributed by atoms with van der Waals surface area (Å²) in [5.41, 5.74) is -0.719. The number of sulfonamides is 1. The van der Waals surface area contributed by atoms with Crippen LogP contribution in [-0.2, 0) is 15.6 Å². The quantitative estimate of drug-likeness (QED) is 0.936. The summed E-state index contributed by atoms with van der Waals surface area (Å²) in [5, 5.41) is 2.57. The summed E-state index contributed by atoms with van der Waals surface area (Å²) >= 11 is 1.43. The molecule has 0 spiro atoms. The summed E-state index contributed by atoms with van der Waals surface area (Å²) in [6, 6.07) is 8.32. The van der Waals surface area contributed by atoms with Gasteiger partial charge in [-0.3, -0.25) is 0 Å². The van der Waals surface area contributed by atoms with Crippen LogP contribution in [0.3, 0.4) is 0 Å². The van der Waals surface area contributed by atoms with E-state index in [1.54, 1.807) is 50.4 Å². The van der Waals surface area contributed by atoms with E-state index in [4.69, 9.17) is 0 Å². The zero-order valence-electron chi connectivity index (χ0n) is 10.1. The van der Waals surface area contributed by atoms with Gasteiger partial charge in [-0.1, -0.05) is 18.2 Å². The van der Waals surface area contributed by atoms with Crippen molar-refractivity contribution in [3.8, 4) is 0 Å². The molecule has 0 radical (unpaired) electrons. The van der Waals surface area contributed by atoms with Crippen LogP contribution in [0.5, 0.6) is 0 Å². The summed E-state index contributed by atoms with van der Waals surface area (Å²) in [6.45, 7) is 3.60. The topological polar surface area (TPSA) is 59.1 Å². The second-order valence-corrected chi connectivity index (χ2v) is 6.96. The fourth-order valence-electron chi connectivity index (χ4n) is 1.57. The van der Waals surface area contributed by atoms with Crippen LogP contribution < -0.4 is 4.72 Å². The molecule has 2 rings (SSSR count). The van der Waals surface area contributed by atoms with Gasteiger partial charge in [-0.05, 0) is 26.0 Å². The Hall–Kier alpha value is -1.24. The van der Waals surface area contributed by atoms with Crippen LogP contribution in [0.25, 0.3) is 0 Å². The Bertz CT molecular complexity index is 605. The normalized spacial score (nSPS) is 12.6. The Balaban J connectivity index is 2.29. The number of nitrogens with zero attached hydrogens (tertiary/aromatic N) is 1. The first kappa shape index (κ1) is 13.2. The van der Waals surface area contributed by atoms with Gasteiger partial charge < -0.3 is 0 Å². The van der Waals surface area contributed by atoms with Crippen molar-refractivity contribution in [2.24, 2.45) is 0 Å². The maximum Gasteiger partial charge on any atom is 0.241 e. The van der Waals surface area contributed by atoms with Crippen molar-refractivity contribution in [2.75, 3.05) is 0 Å². The van der Waals surface area contributed by atoms with Gasteiger partial charge in [-0.2, -0.15) is 4.72 Å². The second-order valence-electron chi connectivity index (χ2n) is 4.38. The lowest BCUT2D eigenvalue weighted by atomic mass is 10.1. The van der Waals surface area contributed by atoms with E-state index in [9.17, 15) is 8.42 Å². The van der Waals surface area contributed by atoms with Gasteiger partial charge in [-0.15, -0.1) is 11.3 Å². The van der Waals surface area contributed by atoms with Crippen molar-refractivity contribution < 1.29 is 8.42 Å². The summed E-state index contributed by atoms with van der Waals surface area (Å²) in [6.07, 6.45) is 1.67. The predicted molar refractivity (Wildman–Crippen MR) is 71.9 cm³/mol. The van der Waals surface area contributed by atoms with Gasteiger partial charge in [0.05, 0.1) is 10.4 Å². The first-order valence-electron chi connectivity index (χ1n) is 5.41. The third kappa shape index (κ3) is 2.77. The fraction of sp³-hybridized carbons (Fsp3) is 0.250. The molecule has 1 aromatic heterocycles. The fourth-order valence-corrected chi connectivity index (χ4v) is 3.75. The minimum Gasteiger partial charge on any atom is -0.248 e. The Morgan fingerprint density at radius 3 is 2.44 bits per heavy atom. The van der Waals surface area contributed by atoms with Crippen LogP contribution in [-0.4, -0.2) is 13.4 Å². The zero-order chi connectivity index (χ0) is 13.2. The Morgan fingerprint density at radius 1 is 1.22 bits per heavy atom. The lowest BCUT2D eigenvalue weighted by Crippen LogP contribution is -2.40. The van der Waals surface area contributed by atoms with Gasteiger partial charge in [0.2, 0.25) is 10.0 Å². The van der Waals surface area contributed by atoms with E-state index >= 15 is 0 Å². The number of nitrogens with one attached hydrogen (secondary N) is 1. The third-order valence-corrected chi connectivity index (χ3v) is 5.18. The monoisotopic (exact) mass is 282 g/mol. The first-order valence-corrected chi connectivity index (χ1v) is 7.77. The molecule has 0 aliphatic heterocycles. The molecule has 4 nitrogen and oxygen atoms in total. The van der Waals surface area contributed by atoms with Gasteiger partial charge in [0.25, 0.3) is 0 Å². The molecular weight excluding hydrogens is 268 g/mol. The molecule has 0 bridgehead atoms. The third-order valence-electron chi connectivity index (χ3n) is 2.41. The van der Waals surface area contributed by atoms with Crippen LogP contribution >= 0.6 is 11.3 Å². The molecule has 0 saturated carbocycles. The van der Waals surface area contributed by atoms with Crippen molar-refractivity contribution in [1.82, 2.24) is 9.71 Å². The smallest absolute Gasteiger partial charge is 0.241 e. The number of hydrogen-bond acceptors (Lipinski definition) is 4. The van der Waals surface area contributed by atoms with Crippen LogP contribution in [0.2, 0.25) is 0 Å². The molecule has 0 atom stereocenters. The molecule has 2 aromatic rings. The van der Waals surface area contributed by atoms with Gasteiger partial charge >= 0.3 is 0 Å². The average Bonchev–Trinajstić information content (AvgIpc) is 2.83. The van der Waals surface area contributed by atoms with E-state index in [2.05, 4.69) is 9.71 Å². The molecule has 18 heavy (non-hydrogen) atoms.